The second-order valence-electron chi connectivity index (χ2n) is 3.16. The Morgan fingerprint density at radius 2 is 1.93 bits per heavy atom. The lowest BCUT2D eigenvalue weighted by atomic mass is 10.3. The molecule has 82 valence electrons. The van der Waals surface area contributed by atoms with Crippen LogP contribution in [-0.2, 0) is 14.3 Å². The molecule has 14 heavy (non-hydrogen) atoms. The lowest BCUT2D eigenvalue weighted by molar-refractivity contribution is -0.139. The van der Waals surface area contributed by atoms with Gasteiger partial charge in [-0.05, 0) is 19.8 Å². The predicted octanol–water partition coefficient (Wildman–Crippen LogP) is 2.66. The molecule has 3 nitrogen and oxygen atoms in total. The second-order valence-corrected chi connectivity index (χ2v) is 3.16. The first kappa shape index (κ1) is 13.0. The number of hydrogen-bond donors (Lipinski definition) is 0. The van der Waals surface area contributed by atoms with Gasteiger partial charge in [-0.15, -0.1) is 0 Å². The molecule has 0 spiro atoms. The number of rotatable bonds is 7. The maximum Gasteiger partial charge on any atom is 0.336 e. The van der Waals surface area contributed by atoms with Gasteiger partial charge in [-0.2, -0.15) is 0 Å². The summed E-state index contributed by atoms with van der Waals surface area (Å²) in [6.45, 7) is 6.89. The molecule has 0 amide bonds. The van der Waals surface area contributed by atoms with Crippen molar-refractivity contribution in [3.05, 3.63) is 11.8 Å². The molecule has 0 N–H and O–H groups in total. The summed E-state index contributed by atoms with van der Waals surface area (Å²) in [5, 5.41) is 0. The highest BCUT2D eigenvalue weighted by Crippen LogP contribution is 1.99. The number of carbonyl (C=O) groups excluding carboxylic acids is 1. The van der Waals surface area contributed by atoms with Crippen molar-refractivity contribution in [2.45, 2.75) is 40.0 Å². The molecule has 0 aromatic carbocycles. The van der Waals surface area contributed by atoms with Gasteiger partial charge in [-0.3, -0.25) is 0 Å². The molecule has 0 saturated heterocycles. The third-order valence-electron chi connectivity index (χ3n) is 1.64. The Balaban J connectivity index is 3.68. The molecule has 0 aliphatic carbocycles. The van der Waals surface area contributed by atoms with E-state index in [2.05, 4.69) is 6.92 Å². The van der Waals surface area contributed by atoms with E-state index in [1.54, 1.807) is 6.92 Å². The van der Waals surface area contributed by atoms with Crippen molar-refractivity contribution < 1.29 is 14.3 Å². The molecule has 0 fully saturated rings. The lowest BCUT2D eigenvalue weighted by Crippen LogP contribution is -2.07. The minimum absolute atomic E-state index is 0.289. The third-order valence-corrected chi connectivity index (χ3v) is 1.64. The molecule has 0 aromatic rings. The number of hydrogen-bond acceptors (Lipinski definition) is 3. The first-order valence-corrected chi connectivity index (χ1v) is 5.17. The van der Waals surface area contributed by atoms with Crippen LogP contribution in [0.2, 0.25) is 0 Å². The molecule has 0 saturated carbocycles. The summed E-state index contributed by atoms with van der Waals surface area (Å²) in [4.78, 5) is 11.2. The summed E-state index contributed by atoms with van der Waals surface area (Å²) in [5.74, 6) is -0.289. The van der Waals surface area contributed by atoms with Gasteiger partial charge in [0.05, 0.1) is 25.0 Å². The maximum atomic E-state index is 11.2. The van der Waals surface area contributed by atoms with Crippen LogP contribution in [-0.4, -0.2) is 19.2 Å². The minimum atomic E-state index is -0.289. The summed E-state index contributed by atoms with van der Waals surface area (Å²) in [6, 6.07) is 0. The molecule has 3 heteroatoms. The molecule has 0 unspecified atom stereocenters. The molecule has 0 heterocycles. The highest BCUT2D eigenvalue weighted by molar-refractivity contribution is 5.87. The molecule has 0 aromatic heterocycles. The lowest BCUT2D eigenvalue weighted by Gasteiger charge is -2.03. The van der Waals surface area contributed by atoms with Crippen molar-refractivity contribution in [2.24, 2.45) is 0 Å². The van der Waals surface area contributed by atoms with Crippen LogP contribution in [0.15, 0.2) is 11.8 Å². The van der Waals surface area contributed by atoms with Crippen molar-refractivity contribution in [3.63, 3.8) is 0 Å². The number of unbranched alkanes of at least 4 members (excludes halogenated alkanes) is 1. The van der Waals surface area contributed by atoms with Crippen molar-refractivity contribution in [1.29, 1.82) is 0 Å². The number of carbonyl (C=O) groups is 1. The van der Waals surface area contributed by atoms with Gasteiger partial charge in [0.1, 0.15) is 0 Å². The molecule has 0 aliphatic rings. The van der Waals surface area contributed by atoms with Crippen LogP contribution in [0.3, 0.4) is 0 Å². The van der Waals surface area contributed by atoms with Crippen LogP contribution in [0.4, 0.5) is 0 Å². The average molecular weight is 200 g/mol. The van der Waals surface area contributed by atoms with E-state index in [0.29, 0.717) is 18.8 Å². The zero-order valence-electron chi connectivity index (χ0n) is 9.34. The topological polar surface area (TPSA) is 35.5 Å². The van der Waals surface area contributed by atoms with E-state index in [1.165, 1.54) is 6.26 Å². The van der Waals surface area contributed by atoms with Gasteiger partial charge in [0.2, 0.25) is 0 Å². The molecule has 0 bridgehead atoms. The Bertz CT molecular complexity index is 185. The van der Waals surface area contributed by atoms with Crippen molar-refractivity contribution in [1.82, 2.24) is 0 Å². The SMILES string of the molecule is CCCCOC=C(C)C(=O)OCCC. The van der Waals surface area contributed by atoms with Gasteiger partial charge in [0, 0.05) is 0 Å². The first-order valence-electron chi connectivity index (χ1n) is 5.17. The minimum Gasteiger partial charge on any atom is -0.501 e. The van der Waals surface area contributed by atoms with Crippen LogP contribution in [0, 0.1) is 0 Å². The highest BCUT2D eigenvalue weighted by atomic mass is 16.5. The van der Waals surface area contributed by atoms with Gasteiger partial charge < -0.3 is 9.47 Å². The maximum absolute atomic E-state index is 11.2. The largest absolute Gasteiger partial charge is 0.501 e. The fourth-order valence-corrected chi connectivity index (χ4v) is 0.768. The van der Waals surface area contributed by atoms with Gasteiger partial charge >= 0.3 is 5.97 Å². The molecular formula is C11H20O3. The average Bonchev–Trinajstić information content (AvgIpc) is 2.20. The van der Waals surface area contributed by atoms with Gasteiger partial charge in [0.25, 0.3) is 0 Å². The quantitative estimate of drug-likeness (QED) is 0.274. The highest BCUT2D eigenvalue weighted by Gasteiger charge is 2.04. The molecule has 0 radical (unpaired) electrons. The van der Waals surface area contributed by atoms with E-state index >= 15 is 0 Å². The number of ether oxygens (including phenoxy) is 2. The van der Waals surface area contributed by atoms with Crippen LogP contribution in [0.5, 0.6) is 0 Å². The van der Waals surface area contributed by atoms with Gasteiger partial charge in [-0.1, -0.05) is 20.3 Å². The zero-order valence-corrected chi connectivity index (χ0v) is 9.34. The Morgan fingerprint density at radius 3 is 2.50 bits per heavy atom. The van der Waals surface area contributed by atoms with Crippen molar-refractivity contribution >= 4 is 5.97 Å². The van der Waals surface area contributed by atoms with Crippen molar-refractivity contribution in [3.8, 4) is 0 Å². The summed E-state index contributed by atoms with van der Waals surface area (Å²) in [6.07, 6.45) is 4.42. The second kappa shape index (κ2) is 8.60. The normalized spacial score (nSPS) is 11.2. The van der Waals surface area contributed by atoms with E-state index in [1.807, 2.05) is 6.92 Å². The van der Waals surface area contributed by atoms with Crippen LogP contribution in [0.25, 0.3) is 0 Å². The van der Waals surface area contributed by atoms with Crippen LogP contribution in [0.1, 0.15) is 40.0 Å². The van der Waals surface area contributed by atoms with Crippen LogP contribution >= 0.6 is 0 Å². The third kappa shape index (κ3) is 6.52. The fraction of sp³-hybridized carbons (Fsp3) is 0.727. The standard InChI is InChI=1S/C11H20O3/c1-4-6-8-13-9-10(3)11(12)14-7-5-2/h9H,4-8H2,1-3H3. The Morgan fingerprint density at radius 1 is 1.21 bits per heavy atom. The monoisotopic (exact) mass is 200 g/mol. The van der Waals surface area contributed by atoms with E-state index in [-0.39, 0.29) is 5.97 Å². The van der Waals surface area contributed by atoms with E-state index < -0.39 is 0 Å². The number of esters is 1. The molecule has 0 rings (SSSR count). The Kier molecular flexibility index (Phi) is 7.99. The van der Waals surface area contributed by atoms with Gasteiger partial charge in [-0.25, -0.2) is 4.79 Å². The fourth-order valence-electron chi connectivity index (χ4n) is 0.768. The van der Waals surface area contributed by atoms with Crippen LogP contribution < -0.4 is 0 Å². The summed E-state index contributed by atoms with van der Waals surface area (Å²) in [7, 11) is 0. The van der Waals surface area contributed by atoms with E-state index in [9.17, 15) is 4.79 Å². The van der Waals surface area contributed by atoms with E-state index in [0.717, 1.165) is 19.3 Å². The summed E-state index contributed by atoms with van der Waals surface area (Å²) in [5.41, 5.74) is 0.523. The molecule has 0 aliphatic heterocycles. The van der Waals surface area contributed by atoms with E-state index in [4.69, 9.17) is 9.47 Å². The molecule has 0 atom stereocenters. The predicted molar refractivity (Wildman–Crippen MR) is 55.9 cm³/mol. The Hall–Kier alpha value is -0.990. The Labute approximate surface area is 86.1 Å². The first-order chi connectivity index (χ1) is 6.72. The van der Waals surface area contributed by atoms with Crippen molar-refractivity contribution in [2.75, 3.05) is 13.2 Å². The smallest absolute Gasteiger partial charge is 0.336 e. The molecular weight excluding hydrogens is 180 g/mol. The zero-order chi connectivity index (χ0) is 10.8. The summed E-state index contributed by atoms with van der Waals surface area (Å²) < 4.78 is 10.1. The summed E-state index contributed by atoms with van der Waals surface area (Å²) >= 11 is 0. The van der Waals surface area contributed by atoms with Gasteiger partial charge in [0.15, 0.2) is 0 Å².